The quantitative estimate of drug-likeness (QED) is 0.800. The van der Waals surface area contributed by atoms with Gasteiger partial charge in [0, 0.05) is 14.1 Å². The zero-order valence-corrected chi connectivity index (χ0v) is 12.5. The molecule has 0 radical (unpaired) electrons. The number of nitrogens with one attached hydrogen (secondary N) is 1. The predicted octanol–water partition coefficient (Wildman–Crippen LogP) is 2.81. The summed E-state index contributed by atoms with van der Waals surface area (Å²) in [5, 5.41) is 8.19. The summed E-state index contributed by atoms with van der Waals surface area (Å²) in [6.07, 6.45) is 0. The van der Waals surface area contributed by atoms with E-state index in [1.807, 2.05) is 45.2 Å². The maximum absolute atomic E-state index is 6.04. The van der Waals surface area contributed by atoms with Gasteiger partial charge in [-0.1, -0.05) is 12.1 Å². The van der Waals surface area contributed by atoms with Crippen LogP contribution in [-0.2, 0) is 7.05 Å². The zero-order valence-electron chi connectivity index (χ0n) is 12.5. The average molecular weight is 283 g/mol. The first kappa shape index (κ1) is 13.4. The van der Waals surface area contributed by atoms with Gasteiger partial charge in [-0.05, 0) is 26.0 Å². The number of ether oxygens (including phenoxy) is 1. The first-order valence-electron chi connectivity index (χ1n) is 6.72. The van der Waals surface area contributed by atoms with Crippen molar-refractivity contribution in [2.45, 2.75) is 13.8 Å². The Bertz CT molecular complexity index is 809. The summed E-state index contributed by atoms with van der Waals surface area (Å²) in [7, 11) is 3.68. The van der Waals surface area contributed by atoms with Crippen molar-refractivity contribution in [2.24, 2.45) is 7.05 Å². The number of benzene rings is 1. The second-order valence-electron chi connectivity index (χ2n) is 4.85. The molecule has 0 spiro atoms. The molecule has 0 saturated heterocycles. The van der Waals surface area contributed by atoms with Crippen molar-refractivity contribution in [1.82, 2.24) is 19.7 Å². The van der Waals surface area contributed by atoms with Crippen molar-refractivity contribution in [3.05, 3.63) is 35.7 Å². The molecule has 0 saturated carbocycles. The lowest BCUT2D eigenvalue weighted by Gasteiger charge is -2.09. The van der Waals surface area contributed by atoms with Gasteiger partial charge in [-0.3, -0.25) is 4.68 Å². The molecule has 0 aliphatic rings. The number of rotatable bonds is 3. The van der Waals surface area contributed by atoms with E-state index in [1.165, 1.54) is 0 Å². The molecule has 6 heteroatoms. The van der Waals surface area contributed by atoms with Crippen molar-refractivity contribution in [3.8, 4) is 11.6 Å². The number of aromatic nitrogens is 4. The highest BCUT2D eigenvalue weighted by molar-refractivity contribution is 5.84. The van der Waals surface area contributed by atoms with Gasteiger partial charge in [0.1, 0.15) is 5.69 Å². The molecule has 3 aromatic rings. The molecule has 3 rings (SSSR count). The van der Waals surface area contributed by atoms with E-state index in [1.54, 1.807) is 11.7 Å². The monoisotopic (exact) mass is 283 g/mol. The van der Waals surface area contributed by atoms with Crippen molar-refractivity contribution in [1.29, 1.82) is 0 Å². The average Bonchev–Trinajstić information content (AvgIpc) is 2.73. The molecule has 108 valence electrons. The Labute approximate surface area is 122 Å². The molecule has 0 amide bonds. The van der Waals surface area contributed by atoms with Crippen LogP contribution in [0.25, 0.3) is 10.9 Å². The Kier molecular flexibility index (Phi) is 3.21. The number of aryl methyl sites for hydroxylation is 2. The van der Waals surface area contributed by atoms with Crippen LogP contribution in [0.15, 0.2) is 24.3 Å². The summed E-state index contributed by atoms with van der Waals surface area (Å²) in [5.41, 5.74) is 2.64. The fourth-order valence-electron chi connectivity index (χ4n) is 2.24. The highest BCUT2D eigenvalue weighted by Gasteiger charge is 2.15. The highest BCUT2D eigenvalue weighted by atomic mass is 16.5. The van der Waals surface area contributed by atoms with Gasteiger partial charge < -0.3 is 10.1 Å². The van der Waals surface area contributed by atoms with Crippen LogP contribution in [0.3, 0.4) is 0 Å². The summed E-state index contributed by atoms with van der Waals surface area (Å²) in [4.78, 5) is 8.85. The molecule has 0 atom stereocenters. The van der Waals surface area contributed by atoms with Gasteiger partial charge in [-0.25, -0.2) is 4.98 Å². The largest absolute Gasteiger partial charge is 0.434 e. The van der Waals surface area contributed by atoms with E-state index in [-0.39, 0.29) is 0 Å². The maximum atomic E-state index is 6.04. The van der Waals surface area contributed by atoms with Crippen LogP contribution in [-0.4, -0.2) is 26.8 Å². The van der Waals surface area contributed by atoms with Crippen LogP contribution in [0, 0.1) is 13.8 Å². The number of hydrogen-bond acceptors (Lipinski definition) is 5. The van der Waals surface area contributed by atoms with Crippen LogP contribution < -0.4 is 10.1 Å². The predicted molar refractivity (Wildman–Crippen MR) is 81.8 cm³/mol. The Morgan fingerprint density at radius 3 is 2.57 bits per heavy atom. The molecule has 0 aliphatic carbocycles. The molecule has 1 aromatic carbocycles. The summed E-state index contributed by atoms with van der Waals surface area (Å²) < 4.78 is 7.84. The first-order chi connectivity index (χ1) is 10.1. The molecule has 2 aromatic heterocycles. The Balaban J connectivity index is 2.15. The number of anilines is 1. The zero-order chi connectivity index (χ0) is 15.0. The third kappa shape index (κ3) is 2.29. The summed E-state index contributed by atoms with van der Waals surface area (Å²) in [6, 6.07) is 7.78. The second kappa shape index (κ2) is 5.05. The topological polar surface area (TPSA) is 64.9 Å². The fourth-order valence-corrected chi connectivity index (χ4v) is 2.24. The number of nitrogens with zero attached hydrogens (tertiary/aromatic N) is 4. The molecule has 6 nitrogen and oxygen atoms in total. The Hall–Kier alpha value is -2.63. The fraction of sp³-hybridized carbons (Fsp3) is 0.267. The van der Waals surface area contributed by atoms with Crippen molar-refractivity contribution in [2.75, 3.05) is 12.4 Å². The minimum atomic E-state index is 0.530. The van der Waals surface area contributed by atoms with E-state index < -0.39 is 0 Å². The van der Waals surface area contributed by atoms with E-state index in [2.05, 4.69) is 20.4 Å². The van der Waals surface area contributed by atoms with Gasteiger partial charge in [0.15, 0.2) is 5.75 Å². The second-order valence-corrected chi connectivity index (χ2v) is 4.85. The van der Waals surface area contributed by atoms with E-state index >= 15 is 0 Å². The standard InChI is InChI=1S/C15H17N5O/c1-9-13(10(2)20(4)19-9)21-14-11-7-5-6-8-12(11)17-15(16-3)18-14/h5-8H,1-4H3,(H,16,17,18). The van der Waals surface area contributed by atoms with Gasteiger partial charge in [-0.15, -0.1) is 0 Å². The van der Waals surface area contributed by atoms with Gasteiger partial charge >= 0.3 is 0 Å². The van der Waals surface area contributed by atoms with Crippen LogP contribution in [0.1, 0.15) is 11.4 Å². The van der Waals surface area contributed by atoms with Crippen molar-refractivity contribution < 1.29 is 4.74 Å². The van der Waals surface area contributed by atoms with Gasteiger partial charge in [0.05, 0.1) is 16.6 Å². The molecule has 2 heterocycles. The lowest BCUT2D eigenvalue weighted by atomic mass is 10.2. The molecule has 0 unspecified atom stereocenters. The van der Waals surface area contributed by atoms with E-state index in [4.69, 9.17) is 4.74 Å². The third-order valence-electron chi connectivity index (χ3n) is 3.43. The lowest BCUT2D eigenvalue weighted by Crippen LogP contribution is -2.00. The molecule has 0 bridgehead atoms. The van der Waals surface area contributed by atoms with Crippen LogP contribution in [0.2, 0.25) is 0 Å². The maximum Gasteiger partial charge on any atom is 0.232 e. The molecular formula is C15H17N5O. The van der Waals surface area contributed by atoms with E-state index in [0.717, 1.165) is 28.0 Å². The van der Waals surface area contributed by atoms with E-state index in [0.29, 0.717) is 11.8 Å². The van der Waals surface area contributed by atoms with Crippen molar-refractivity contribution >= 4 is 16.9 Å². The Morgan fingerprint density at radius 2 is 1.90 bits per heavy atom. The lowest BCUT2D eigenvalue weighted by molar-refractivity contribution is 0.461. The summed E-state index contributed by atoms with van der Waals surface area (Å²) in [5.74, 6) is 1.80. The minimum absolute atomic E-state index is 0.530. The molecule has 1 N–H and O–H groups in total. The van der Waals surface area contributed by atoms with Crippen LogP contribution in [0.5, 0.6) is 11.6 Å². The van der Waals surface area contributed by atoms with Crippen LogP contribution in [0.4, 0.5) is 5.95 Å². The third-order valence-corrected chi connectivity index (χ3v) is 3.43. The van der Waals surface area contributed by atoms with Crippen molar-refractivity contribution in [3.63, 3.8) is 0 Å². The molecule has 0 aliphatic heterocycles. The molecule has 0 fully saturated rings. The normalized spacial score (nSPS) is 10.9. The highest BCUT2D eigenvalue weighted by Crippen LogP contribution is 2.31. The first-order valence-corrected chi connectivity index (χ1v) is 6.72. The SMILES string of the molecule is CNc1nc(Oc2c(C)nn(C)c2C)c2ccccc2n1. The van der Waals surface area contributed by atoms with E-state index in [9.17, 15) is 0 Å². The van der Waals surface area contributed by atoms with Gasteiger partial charge in [-0.2, -0.15) is 10.1 Å². The Morgan fingerprint density at radius 1 is 1.14 bits per heavy atom. The smallest absolute Gasteiger partial charge is 0.232 e. The number of para-hydroxylation sites is 1. The summed E-state index contributed by atoms with van der Waals surface area (Å²) >= 11 is 0. The van der Waals surface area contributed by atoms with Gasteiger partial charge in [0.2, 0.25) is 11.8 Å². The van der Waals surface area contributed by atoms with Gasteiger partial charge in [0.25, 0.3) is 0 Å². The minimum Gasteiger partial charge on any atom is -0.434 e. The molecule has 21 heavy (non-hydrogen) atoms. The molecular weight excluding hydrogens is 266 g/mol. The van der Waals surface area contributed by atoms with Crippen LogP contribution >= 0.6 is 0 Å². The summed E-state index contributed by atoms with van der Waals surface area (Å²) in [6.45, 7) is 3.89. The number of fused-ring (bicyclic) bond motifs is 1. The number of hydrogen-bond donors (Lipinski definition) is 1.